The smallest absolute Gasteiger partial charge is 0.137 e. The molecule has 0 radical (unpaired) electrons. The molecule has 0 amide bonds. The molecule has 1 aromatic heterocycles. The molecule has 0 saturated carbocycles. The predicted molar refractivity (Wildman–Crippen MR) is 87.2 cm³/mol. The zero-order chi connectivity index (χ0) is 15.4. The molecule has 0 atom stereocenters. The number of aliphatic hydroxyl groups is 1. The van der Waals surface area contributed by atoms with Crippen molar-refractivity contribution >= 4 is 22.6 Å². The van der Waals surface area contributed by atoms with E-state index in [0.29, 0.717) is 23.2 Å². The van der Waals surface area contributed by atoms with E-state index in [-0.39, 0.29) is 6.61 Å². The van der Waals surface area contributed by atoms with Crippen molar-refractivity contribution in [2.24, 2.45) is 0 Å². The van der Waals surface area contributed by atoms with Crippen LogP contribution in [0.15, 0.2) is 48.5 Å². The van der Waals surface area contributed by atoms with Crippen LogP contribution in [0.1, 0.15) is 12.2 Å². The molecule has 4 nitrogen and oxygen atoms in total. The summed E-state index contributed by atoms with van der Waals surface area (Å²) in [7, 11) is 0. The van der Waals surface area contributed by atoms with E-state index in [2.05, 4.69) is 4.98 Å². The van der Waals surface area contributed by atoms with Gasteiger partial charge in [-0.15, -0.1) is 0 Å². The van der Waals surface area contributed by atoms with Crippen LogP contribution in [-0.2, 0) is 13.2 Å². The van der Waals surface area contributed by atoms with Crippen LogP contribution in [0.3, 0.4) is 0 Å². The zero-order valence-electron chi connectivity index (χ0n) is 12.1. The Morgan fingerprint density at radius 1 is 1.09 bits per heavy atom. The van der Waals surface area contributed by atoms with E-state index in [1.807, 2.05) is 53.1 Å². The maximum Gasteiger partial charge on any atom is 0.137 e. The molecule has 0 spiro atoms. The third kappa shape index (κ3) is 3.08. The van der Waals surface area contributed by atoms with E-state index < -0.39 is 0 Å². The van der Waals surface area contributed by atoms with E-state index in [0.717, 1.165) is 24.0 Å². The number of aromatic nitrogens is 2. The SMILES string of the molecule is OCc1nc2ccccc2n1CCCOc1ccccc1Cl. The lowest BCUT2D eigenvalue weighted by atomic mass is 10.3. The lowest BCUT2D eigenvalue weighted by Crippen LogP contribution is -2.08. The normalized spacial score (nSPS) is 11.0. The van der Waals surface area contributed by atoms with E-state index in [1.165, 1.54) is 0 Å². The minimum absolute atomic E-state index is 0.0694. The van der Waals surface area contributed by atoms with E-state index in [1.54, 1.807) is 0 Å². The van der Waals surface area contributed by atoms with Gasteiger partial charge in [0.25, 0.3) is 0 Å². The van der Waals surface area contributed by atoms with Crippen molar-refractivity contribution in [1.82, 2.24) is 9.55 Å². The Morgan fingerprint density at radius 2 is 1.86 bits per heavy atom. The van der Waals surface area contributed by atoms with Crippen LogP contribution < -0.4 is 4.74 Å². The monoisotopic (exact) mass is 316 g/mol. The summed E-state index contributed by atoms with van der Waals surface area (Å²) in [5.74, 6) is 1.38. The summed E-state index contributed by atoms with van der Waals surface area (Å²) >= 11 is 6.06. The van der Waals surface area contributed by atoms with Crippen LogP contribution in [0, 0.1) is 0 Å². The Morgan fingerprint density at radius 3 is 2.68 bits per heavy atom. The predicted octanol–water partition coefficient (Wildman–Crippen LogP) is 3.65. The van der Waals surface area contributed by atoms with Gasteiger partial charge in [0.1, 0.15) is 18.2 Å². The second-order valence-corrected chi connectivity index (χ2v) is 5.37. The summed E-state index contributed by atoms with van der Waals surface area (Å²) in [6.45, 7) is 1.22. The number of ether oxygens (including phenoxy) is 1. The average Bonchev–Trinajstić information content (AvgIpc) is 2.91. The lowest BCUT2D eigenvalue weighted by Gasteiger charge is -2.10. The minimum atomic E-state index is -0.0694. The number of aliphatic hydroxyl groups excluding tert-OH is 1. The van der Waals surface area contributed by atoms with Crippen LogP contribution in [0.25, 0.3) is 11.0 Å². The number of rotatable bonds is 6. The van der Waals surface area contributed by atoms with Gasteiger partial charge in [-0.2, -0.15) is 0 Å². The van der Waals surface area contributed by atoms with Gasteiger partial charge in [-0.05, 0) is 30.7 Å². The Hall–Kier alpha value is -2.04. The number of aryl methyl sites for hydroxylation is 1. The van der Waals surface area contributed by atoms with Crippen molar-refractivity contribution in [2.75, 3.05) is 6.61 Å². The molecular formula is C17H17ClN2O2. The number of hydrogen-bond acceptors (Lipinski definition) is 3. The summed E-state index contributed by atoms with van der Waals surface area (Å²) in [6.07, 6.45) is 0.804. The molecule has 0 aliphatic rings. The molecule has 0 unspecified atom stereocenters. The summed E-state index contributed by atoms with van der Waals surface area (Å²) < 4.78 is 7.73. The third-order valence-corrected chi connectivity index (χ3v) is 3.81. The molecule has 0 bridgehead atoms. The summed E-state index contributed by atoms with van der Waals surface area (Å²) in [5, 5.41) is 10.1. The van der Waals surface area contributed by atoms with Gasteiger partial charge in [0.15, 0.2) is 0 Å². The highest BCUT2D eigenvalue weighted by atomic mass is 35.5. The molecule has 0 aliphatic heterocycles. The topological polar surface area (TPSA) is 47.3 Å². The number of hydrogen-bond donors (Lipinski definition) is 1. The van der Waals surface area contributed by atoms with Crippen molar-refractivity contribution in [3.8, 4) is 5.75 Å². The quantitative estimate of drug-likeness (QED) is 0.706. The molecular weight excluding hydrogens is 300 g/mol. The Bertz CT molecular complexity index is 770. The first-order valence-corrected chi connectivity index (χ1v) is 7.59. The van der Waals surface area contributed by atoms with Gasteiger partial charge in [0.2, 0.25) is 0 Å². The van der Waals surface area contributed by atoms with Crippen molar-refractivity contribution < 1.29 is 9.84 Å². The second-order valence-electron chi connectivity index (χ2n) is 4.96. The molecule has 1 heterocycles. The molecule has 2 aromatic carbocycles. The van der Waals surface area contributed by atoms with Gasteiger partial charge in [-0.3, -0.25) is 0 Å². The van der Waals surface area contributed by atoms with Crippen molar-refractivity contribution in [2.45, 2.75) is 19.6 Å². The van der Waals surface area contributed by atoms with Crippen LogP contribution in [-0.4, -0.2) is 21.3 Å². The molecule has 5 heteroatoms. The van der Waals surface area contributed by atoms with E-state index in [9.17, 15) is 5.11 Å². The lowest BCUT2D eigenvalue weighted by molar-refractivity contribution is 0.261. The van der Waals surface area contributed by atoms with Gasteiger partial charge in [-0.25, -0.2) is 4.98 Å². The summed E-state index contributed by atoms with van der Waals surface area (Å²) in [5.41, 5.74) is 1.93. The minimum Gasteiger partial charge on any atom is -0.492 e. The highest BCUT2D eigenvalue weighted by Crippen LogP contribution is 2.23. The second kappa shape index (κ2) is 6.81. The Kier molecular flexibility index (Phi) is 4.61. The fourth-order valence-corrected chi connectivity index (χ4v) is 2.65. The zero-order valence-corrected chi connectivity index (χ0v) is 12.8. The molecule has 0 saturated heterocycles. The first-order chi connectivity index (χ1) is 10.8. The molecule has 0 aliphatic carbocycles. The third-order valence-electron chi connectivity index (χ3n) is 3.50. The Balaban J connectivity index is 1.65. The number of benzene rings is 2. The number of imidazole rings is 1. The van der Waals surface area contributed by atoms with Gasteiger partial charge >= 0.3 is 0 Å². The van der Waals surface area contributed by atoms with Crippen molar-refractivity contribution in [3.63, 3.8) is 0 Å². The van der Waals surface area contributed by atoms with Crippen LogP contribution in [0.2, 0.25) is 5.02 Å². The highest BCUT2D eigenvalue weighted by molar-refractivity contribution is 6.32. The molecule has 3 rings (SSSR count). The van der Waals surface area contributed by atoms with Crippen LogP contribution >= 0.6 is 11.6 Å². The van der Waals surface area contributed by atoms with Gasteiger partial charge < -0.3 is 14.4 Å². The number of para-hydroxylation sites is 3. The largest absolute Gasteiger partial charge is 0.492 e. The van der Waals surface area contributed by atoms with E-state index >= 15 is 0 Å². The molecule has 1 N–H and O–H groups in total. The maximum absolute atomic E-state index is 9.46. The maximum atomic E-state index is 9.46. The fraction of sp³-hybridized carbons (Fsp3) is 0.235. The first kappa shape index (κ1) is 14.9. The fourth-order valence-electron chi connectivity index (χ4n) is 2.46. The van der Waals surface area contributed by atoms with Crippen LogP contribution in [0.4, 0.5) is 0 Å². The molecule has 0 fully saturated rings. The van der Waals surface area contributed by atoms with Gasteiger partial charge in [-0.1, -0.05) is 35.9 Å². The highest BCUT2D eigenvalue weighted by Gasteiger charge is 2.09. The van der Waals surface area contributed by atoms with Crippen molar-refractivity contribution in [1.29, 1.82) is 0 Å². The standard InChI is InChI=1S/C17H17ClN2O2/c18-13-6-1-4-9-16(13)22-11-5-10-20-15-8-3-2-7-14(15)19-17(20)12-21/h1-4,6-9,21H,5,10-12H2. The average molecular weight is 317 g/mol. The van der Waals surface area contributed by atoms with Crippen molar-refractivity contribution in [3.05, 3.63) is 59.4 Å². The van der Waals surface area contributed by atoms with E-state index in [4.69, 9.17) is 16.3 Å². The Labute approximate surface area is 133 Å². The van der Waals surface area contributed by atoms with Crippen LogP contribution in [0.5, 0.6) is 5.75 Å². The number of fused-ring (bicyclic) bond motifs is 1. The first-order valence-electron chi connectivity index (χ1n) is 7.22. The summed E-state index contributed by atoms with van der Waals surface area (Å²) in [6, 6.07) is 15.3. The molecule has 3 aromatic rings. The number of halogens is 1. The van der Waals surface area contributed by atoms with Gasteiger partial charge in [0.05, 0.1) is 22.7 Å². The summed E-state index contributed by atoms with van der Waals surface area (Å²) in [4.78, 5) is 4.43. The number of nitrogens with zero attached hydrogens (tertiary/aromatic N) is 2. The van der Waals surface area contributed by atoms with Gasteiger partial charge in [0, 0.05) is 6.54 Å². The molecule has 114 valence electrons. The molecule has 22 heavy (non-hydrogen) atoms.